The predicted octanol–water partition coefficient (Wildman–Crippen LogP) is 3.24. The summed E-state index contributed by atoms with van der Waals surface area (Å²) in [7, 11) is 0. The average molecular weight is 138 g/mol. The van der Waals surface area contributed by atoms with E-state index in [-0.39, 0.29) is 0 Å². The first kappa shape index (κ1) is 7.84. The zero-order valence-electron chi connectivity index (χ0n) is 7.14. The van der Waals surface area contributed by atoms with Crippen LogP contribution in [0.5, 0.6) is 0 Å². The molecule has 1 aliphatic carbocycles. The van der Waals surface area contributed by atoms with Crippen LogP contribution in [0.1, 0.15) is 33.1 Å². The predicted molar refractivity (Wildman–Crippen MR) is 45.9 cm³/mol. The molecule has 0 bridgehead atoms. The van der Waals surface area contributed by atoms with Gasteiger partial charge in [0, 0.05) is 0 Å². The van der Waals surface area contributed by atoms with Gasteiger partial charge in [-0.2, -0.15) is 0 Å². The summed E-state index contributed by atoms with van der Waals surface area (Å²) in [6, 6.07) is 0. The van der Waals surface area contributed by atoms with Gasteiger partial charge in [-0.15, -0.1) is 6.58 Å². The Morgan fingerprint density at radius 2 is 2.30 bits per heavy atom. The van der Waals surface area contributed by atoms with E-state index in [1.807, 2.05) is 0 Å². The number of hydrogen-bond donors (Lipinski definition) is 0. The fourth-order valence-corrected chi connectivity index (χ4v) is 1.97. The minimum Gasteiger partial charge on any atom is -0.103 e. The first-order valence-electron chi connectivity index (χ1n) is 4.42. The van der Waals surface area contributed by atoms with Crippen molar-refractivity contribution in [1.29, 1.82) is 0 Å². The van der Waals surface area contributed by atoms with Gasteiger partial charge in [-0.25, -0.2) is 0 Å². The van der Waals surface area contributed by atoms with E-state index in [0.717, 1.165) is 17.8 Å². The van der Waals surface area contributed by atoms with Crippen molar-refractivity contribution in [3.63, 3.8) is 0 Å². The highest BCUT2D eigenvalue weighted by Crippen LogP contribution is 2.40. The number of rotatable bonds is 3. The SMILES string of the molecule is C=CC(CC)C1CCC1C. The molecular weight excluding hydrogens is 120 g/mol. The highest BCUT2D eigenvalue weighted by Gasteiger charge is 2.30. The van der Waals surface area contributed by atoms with Crippen LogP contribution in [0.4, 0.5) is 0 Å². The lowest BCUT2D eigenvalue weighted by atomic mass is 9.67. The maximum absolute atomic E-state index is 3.87. The molecule has 0 saturated heterocycles. The van der Waals surface area contributed by atoms with E-state index in [0.29, 0.717) is 0 Å². The molecule has 3 atom stereocenters. The number of hydrogen-bond acceptors (Lipinski definition) is 0. The van der Waals surface area contributed by atoms with Gasteiger partial charge in [0.1, 0.15) is 0 Å². The zero-order chi connectivity index (χ0) is 7.56. The smallest absolute Gasteiger partial charge is 0.0208 e. The van der Waals surface area contributed by atoms with E-state index in [1.165, 1.54) is 19.3 Å². The molecule has 0 amide bonds. The molecule has 1 fully saturated rings. The Morgan fingerprint density at radius 3 is 2.40 bits per heavy atom. The summed E-state index contributed by atoms with van der Waals surface area (Å²) < 4.78 is 0. The fourth-order valence-electron chi connectivity index (χ4n) is 1.97. The third-order valence-corrected chi connectivity index (χ3v) is 3.01. The van der Waals surface area contributed by atoms with Crippen molar-refractivity contribution in [3.8, 4) is 0 Å². The van der Waals surface area contributed by atoms with Crippen LogP contribution in [0.2, 0.25) is 0 Å². The molecule has 0 aromatic rings. The van der Waals surface area contributed by atoms with Gasteiger partial charge >= 0.3 is 0 Å². The Labute approximate surface area is 64.3 Å². The van der Waals surface area contributed by atoms with Gasteiger partial charge in [0.25, 0.3) is 0 Å². The molecule has 1 rings (SSSR count). The van der Waals surface area contributed by atoms with Gasteiger partial charge in [0.2, 0.25) is 0 Å². The molecule has 0 heteroatoms. The molecular formula is C10H18. The Balaban J connectivity index is 2.38. The topological polar surface area (TPSA) is 0 Å². The van der Waals surface area contributed by atoms with Crippen LogP contribution in [0.25, 0.3) is 0 Å². The summed E-state index contributed by atoms with van der Waals surface area (Å²) in [5.74, 6) is 2.72. The van der Waals surface area contributed by atoms with E-state index in [1.54, 1.807) is 0 Å². The van der Waals surface area contributed by atoms with Gasteiger partial charge in [-0.05, 0) is 30.6 Å². The highest BCUT2D eigenvalue weighted by atomic mass is 14.4. The molecule has 0 N–H and O–H groups in total. The molecule has 1 saturated carbocycles. The molecule has 0 spiro atoms. The largest absolute Gasteiger partial charge is 0.103 e. The van der Waals surface area contributed by atoms with E-state index in [4.69, 9.17) is 0 Å². The summed E-state index contributed by atoms with van der Waals surface area (Å²) in [4.78, 5) is 0. The summed E-state index contributed by atoms with van der Waals surface area (Å²) in [6.07, 6.45) is 6.29. The minimum absolute atomic E-state index is 0.795. The van der Waals surface area contributed by atoms with E-state index in [9.17, 15) is 0 Å². The zero-order valence-corrected chi connectivity index (χ0v) is 7.14. The normalized spacial score (nSPS) is 34.6. The van der Waals surface area contributed by atoms with Crippen molar-refractivity contribution in [3.05, 3.63) is 12.7 Å². The second-order valence-corrected chi connectivity index (χ2v) is 3.53. The van der Waals surface area contributed by atoms with Crippen LogP contribution in [0.15, 0.2) is 12.7 Å². The lowest BCUT2D eigenvalue weighted by molar-refractivity contribution is 0.141. The van der Waals surface area contributed by atoms with Crippen molar-refractivity contribution in [1.82, 2.24) is 0 Å². The van der Waals surface area contributed by atoms with Crippen LogP contribution in [-0.4, -0.2) is 0 Å². The highest BCUT2D eigenvalue weighted by molar-refractivity contribution is 4.91. The first-order valence-corrected chi connectivity index (χ1v) is 4.42. The Hall–Kier alpha value is -0.260. The van der Waals surface area contributed by atoms with E-state index >= 15 is 0 Å². The summed E-state index contributed by atoms with van der Waals surface area (Å²) >= 11 is 0. The summed E-state index contributed by atoms with van der Waals surface area (Å²) in [6.45, 7) is 8.49. The minimum atomic E-state index is 0.795. The maximum atomic E-state index is 3.87. The van der Waals surface area contributed by atoms with Crippen LogP contribution >= 0.6 is 0 Å². The molecule has 0 aliphatic heterocycles. The third kappa shape index (κ3) is 1.25. The number of allylic oxidation sites excluding steroid dienone is 1. The van der Waals surface area contributed by atoms with Gasteiger partial charge in [0.15, 0.2) is 0 Å². The monoisotopic (exact) mass is 138 g/mol. The van der Waals surface area contributed by atoms with Crippen LogP contribution < -0.4 is 0 Å². The molecule has 1 aliphatic rings. The molecule has 0 radical (unpaired) electrons. The average Bonchev–Trinajstić information content (AvgIpc) is 1.96. The third-order valence-electron chi connectivity index (χ3n) is 3.01. The second kappa shape index (κ2) is 3.23. The molecule has 0 nitrogen and oxygen atoms in total. The van der Waals surface area contributed by atoms with E-state index < -0.39 is 0 Å². The standard InChI is InChI=1S/C10H18/c1-4-9(5-2)10-7-6-8(10)3/h4,8-10H,1,5-7H2,2-3H3. The van der Waals surface area contributed by atoms with Crippen LogP contribution in [0.3, 0.4) is 0 Å². The molecule has 58 valence electrons. The van der Waals surface area contributed by atoms with Gasteiger partial charge in [0.05, 0.1) is 0 Å². The molecule has 10 heavy (non-hydrogen) atoms. The van der Waals surface area contributed by atoms with Gasteiger partial charge < -0.3 is 0 Å². The lowest BCUT2D eigenvalue weighted by Crippen LogP contribution is -2.29. The quantitative estimate of drug-likeness (QED) is 0.525. The molecule has 0 aromatic carbocycles. The van der Waals surface area contributed by atoms with Crippen molar-refractivity contribution >= 4 is 0 Å². The van der Waals surface area contributed by atoms with Crippen molar-refractivity contribution in [2.45, 2.75) is 33.1 Å². The van der Waals surface area contributed by atoms with Crippen molar-refractivity contribution in [2.24, 2.45) is 17.8 Å². The molecule has 0 heterocycles. The van der Waals surface area contributed by atoms with Crippen molar-refractivity contribution in [2.75, 3.05) is 0 Å². The van der Waals surface area contributed by atoms with Crippen molar-refractivity contribution < 1.29 is 0 Å². The maximum Gasteiger partial charge on any atom is -0.0208 e. The first-order chi connectivity index (χ1) is 4.79. The van der Waals surface area contributed by atoms with Gasteiger partial charge in [-0.3, -0.25) is 0 Å². The fraction of sp³-hybridized carbons (Fsp3) is 0.800. The Kier molecular flexibility index (Phi) is 2.53. The van der Waals surface area contributed by atoms with Crippen LogP contribution in [-0.2, 0) is 0 Å². The Bertz CT molecular complexity index is 115. The summed E-state index contributed by atoms with van der Waals surface area (Å²) in [5, 5.41) is 0. The molecule has 3 unspecified atom stereocenters. The Morgan fingerprint density at radius 1 is 1.60 bits per heavy atom. The second-order valence-electron chi connectivity index (χ2n) is 3.53. The molecule has 0 aromatic heterocycles. The van der Waals surface area contributed by atoms with E-state index in [2.05, 4.69) is 26.5 Å². The van der Waals surface area contributed by atoms with Crippen LogP contribution in [0, 0.1) is 17.8 Å². The summed E-state index contributed by atoms with van der Waals surface area (Å²) in [5.41, 5.74) is 0. The lowest BCUT2D eigenvalue weighted by Gasteiger charge is -2.38. The van der Waals surface area contributed by atoms with Gasteiger partial charge in [-0.1, -0.05) is 26.3 Å².